The van der Waals surface area contributed by atoms with E-state index in [-0.39, 0.29) is 11.3 Å². The Balaban J connectivity index is 1.49. The summed E-state index contributed by atoms with van der Waals surface area (Å²) >= 11 is 1.69. The number of carbonyl (C=O) groups is 1. The van der Waals surface area contributed by atoms with Crippen molar-refractivity contribution in [3.8, 4) is 11.1 Å². The van der Waals surface area contributed by atoms with Gasteiger partial charge in [-0.15, -0.1) is 11.3 Å². The molecule has 5 nitrogen and oxygen atoms in total. The molecule has 1 aliphatic carbocycles. The van der Waals surface area contributed by atoms with Gasteiger partial charge >= 0.3 is 0 Å². The smallest absolute Gasteiger partial charge is 0.231 e. The van der Waals surface area contributed by atoms with Gasteiger partial charge in [-0.05, 0) is 35.9 Å². The van der Waals surface area contributed by atoms with Gasteiger partial charge in [0.05, 0.1) is 11.6 Å². The molecule has 1 N–H and O–H groups in total. The minimum absolute atomic E-state index is 0.143. The molecule has 134 valence electrons. The van der Waals surface area contributed by atoms with E-state index in [1.54, 1.807) is 16.0 Å². The normalized spacial score (nSPS) is 15.9. The standard InChI is InChI=1S/C20H22N4OS/c1-24-14-17(13-23-24)16-9-15(10-21-12-16)11-22-19(25)20(6-2-3-7-20)18-5-4-8-26-18/h4-5,8-10,12-14H,2-3,6-7,11H2,1H3,(H,22,25). The van der Waals surface area contributed by atoms with Crippen LogP contribution in [-0.4, -0.2) is 20.7 Å². The van der Waals surface area contributed by atoms with E-state index in [0.29, 0.717) is 6.54 Å². The molecule has 3 aromatic rings. The molecule has 0 saturated heterocycles. The summed E-state index contributed by atoms with van der Waals surface area (Å²) in [5.74, 6) is 0.143. The second kappa shape index (κ2) is 7.03. The number of rotatable bonds is 5. The van der Waals surface area contributed by atoms with Crippen molar-refractivity contribution in [2.24, 2.45) is 7.05 Å². The van der Waals surface area contributed by atoms with E-state index in [1.807, 2.05) is 37.9 Å². The zero-order valence-corrected chi connectivity index (χ0v) is 15.6. The Morgan fingerprint density at radius 2 is 2.12 bits per heavy atom. The van der Waals surface area contributed by atoms with E-state index in [2.05, 4.69) is 32.9 Å². The van der Waals surface area contributed by atoms with Gasteiger partial charge in [-0.1, -0.05) is 18.9 Å². The first-order chi connectivity index (χ1) is 12.7. The fourth-order valence-corrected chi connectivity index (χ4v) is 4.76. The Morgan fingerprint density at radius 3 is 2.81 bits per heavy atom. The first-order valence-corrected chi connectivity index (χ1v) is 9.81. The lowest BCUT2D eigenvalue weighted by Gasteiger charge is -2.26. The number of pyridine rings is 1. The number of hydrogen-bond donors (Lipinski definition) is 1. The van der Waals surface area contributed by atoms with Crippen molar-refractivity contribution < 1.29 is 4.79 Å². The molecule has 26 heavy (non-hydrogen) atoms. The molecule has 1 amide bonds. The average molecular weight is 366 g/mol. The summed E-state index contributed by atoms with van der Waals surface area (Å²) in [5, 5.41) is 9.43. The van der Waals surface area contributed by atoms with Crippen LogP contribution in [0.1, 0.15) is 36.1 Å². The summed E-state index contributed by atoms with van der Waals surface area (Å²) < 4.78 is 1.77. The highest BCUT2D eigenvalue weighted by molar-refractivity contribution is 7.10. The topological polar surface area (TPSA) is 59.8 Å². The Kier molecular flexibility index (Phi) is 4.59. The third-order valence-corrected chi connectivity index (χ3v) is 6.24. The molecule has 1 aliphatic rings. The van der Waals surface area contributed by atoms with Crippen molar-refractivity contribution >= 4 is 17.2 Å². The van der Waals surface area contributed by atoms with E-state index >= 15 is 0 Å². The molecular formula is C20H22N4OS. The maximum absolute atomic E-state index is 13.1. The zero-order valence-electron chi connectivity index (χ0n) is 14.8. The minimum atomic E-state index is -0.345. The highest BCUT2D eigenvalue weighted by atomic mass is 32.1. The summed E-state index contributed by atoms with van der Waals surface area (Å²) in [7, 11) is 1.90. The molecular weight excluding hydrogens is 344 g/mol. The van der Waals surface area contributed by atoms with E-state index < -0.39 is 0 Å². The number of nitrogens with one attached hydrogen (secondary N) is 1. The van der Waals surface area contributed by atoms with Crippen LogP contribution in [0.2, 0.25) is 0 Å². The summed E-state index contributed by atoms with van der Waals surface area (Å²) in [6.07, 6.45) is 11.5. The number of hydrogen-bond acceptors (Lipinski definition) is 4. The van der Waals surface area contributed by atoms with Crippen molar-refractivity contribution in [2.45, 2.75) is 37.6 Å². The van der Waals surface area contributed by atoms with Gasteiger partial charge in [-0.25, -0.2) is 0 Å². The third kappa shape index (κ3) is 3.17. The lowest BCUT2D eigenvalue weighted by molar-refractivity contribution is -0.126. The Labute approximate surface area is 157 Å². The molecule has 0 bridgehead atoms. The van der Waals surface area contributed by atoms with Crippen molar-refractivity contribution in [1.82, 2.24) is 20.1 Å². The fraction of sp³-hybridized carbons (Fsp3) is 0.350. The van der Waals surface area contributed by atoms with Gasteiger partial charge in [0.1, 0.15) is 0 Å². The van der Waals surface area contributed by atoms with Crippen molar-refractivity contribution in [3.05, 3.63) is 58.8 Å². The predicted molar refractivity (Wildman–Crippen MR) is 103 cm³/mol. The second-order valence-corrected chi connectivity index (χ2v) is 7.88. The molecule has 0 unspecified atom stereocenters. The van der Waals surface area contributed by atoms with Crippen LogP contribution in [0.15, 0.2) is 48.4 Å². The van der Waals surface area contributed by atoms with Crippen LogP contribution in [0.25, 0.3) is 11.1 Å². The van der Waals surface area contributed by atoms with E-state index in [0.717, 1.165) is 42.4 Å². The first kappa shape index (κ1) is 17.0. The molecule has 0 aliphatic heterocycles. The molecule has 1 saturated carbocycles. The van der Waals surface area contributed by atoms with Gasteiger partial charge in [-0.2, -0.15) is 5.10 Å². The van der Waals surface area contributed by atoms with Gasteiger partial charge in [0, 0.05) is 48.2 Å². The number of carbonyl (C=O) groups excluding carboxylic acids is 1. The van der Waals surface area contributed by atoms with Gasteiger partial charge in [0.25, 0.3) is 0 Å². The van der Waals surface area contributed by atoms with Crippen LogP contribution in [0.5, 0.6) is 0 Å². The SMILES string of the molecule is Cn1cc(-c2cncc(CNC(=O)C3(c4cccs4)CCCC3)c2)cn1. The molecule has 0 spiro atoms. The maximum Gasteiger partial charge on any atom is 0.231 e. The Bertz CT molecular complexity index is 894. The van der Waals surface area contributed by atoms with E-state index in [1.165, 1.54) is 4.88 Å². The fourth-order valence-electron chi connectivity index (χ4n) is 3.78. The largest absolute Gasteiger partial charge is 0.351 e. The molecule has 6 heteroatoms. The van der Waals surface area contributed by atoms with Crippen LogP contribution in [0, 0.1) is 0 Å². The second-order valence-electron chi connectivity index (χ2n) is 6.93. The van der Waals surface area contributed by atoms with E-state index in [4.69, 9.17) is 0 Å². The van der Waals surface area contributed by atoms with Crippen molar-refractivity contribution in [1.29, 1.82) is 0 Å². The monoisotopic (exact) mass is 366 g/mol. The number of amides is 1. The molecule has 4 rings (SSSR count). The highest BCUT2D eigenvalue weighted by Gasteiger charge is 2.43. The number of aromatic nitrogens is 3. The highest BCUT2D eigenvalue weighted by Crippen LogP contribution is 2.43. The van der Waals surface area contributed by atoms with Crippen LogP contribution >= 0.6 is 11.3 Å². The number of nitrogens with zero attached hydrogens (tertiary/aromatic N) is 3. The summed E-state index contributed by atoms with van der Waals surface area (Å²) in [4.78, 5) is 18.6. The van der Waals surface area contributed by atoms with Gasteiger partial charge in [0.15, 0.2) is 0 Å². The third-order valence-electron chi connectivity index (χ3n) is 5.17. The van der Waals surface area contributed by atoms with Crippen LogP contribution in [-0.2, 0) is 23.8 Å². The molecule has 1 fully saturated rings. The Hall–Kier alpha value is -2.47. The van der Waals surface area contributed by atoms with Crippen molar-refractivity contribution in [2.75, 3.05) is 0 Å². The average Bonchev–Trinajstić information content (AvgIpc) is 3.40. The summed E-state index contributed by atoms with van der Waals surface area (Å²) in [6, 6.07) is 6.20. The Morgan fingerprint density at radius 1 is 1.27 bits per heavy atom. The summed E-state index contributed by atoms with van der Waals surface area (Å²) in [6.45, 7) is 0.493. The molecule has 0 radical (unpaired) electrons. The predicted octanol–water partition coefficient (Wildman–Crippen LogP) is 3.67. The first-order valence-electron chi connectivity index (χ1n) is 8.93. The van der Waals surface area contributed by atoms with Gasteiger partial charge in [0.2, 0.25) is 5.91 Å². The maximum atomic E-state index is 13.1. The lowest BCUT2D eigenvalue weighted by Crippen LogP contribution is -2.41. The van der Waals surface area contributed by atoms with Crippen LogP contribution in [0.3, 0.4) is 0 Å². The molecule has 3 aromatic heterocycles. The van der Waals surface area contributed by atoms with Gasteiger partial charge < -0.3 is 5.32 Å². The molecule has 0 aromatic carbocycles. The van der Waals surface area contributed by atoms with E-state index in [9.17, 15) is 4.79 Å². The molecule has 0 atom stereocenters. The number of aryl methyl sites for hydroxylation is 1. The molecule has 3 heterocycles. The van der Waals surface area contributed by atoms with Crippen molar-refractivity contribution in [3.63, 3.8) is 0 Å². The zero-order chi connectivity index (χ0) is 18.0. The quantitative estimate of drug-likeness (QED) is 0.749. The number of thiophene rings is 1. The van der Waals surface area contributed by atoms with Crippen LogP contribution in [0.4, 0.5) is 0 Å². The van der Waals surface area contributed by atoms with Gasteiger partial charge in [-0.3, -0.25) is 14.5 Å². The lowest BCUT2D eigenvalue weighted by atomic mass is 9.83. The summed E-state index contributed by atoms with van der Waals surface area (Å²) in [5.41, 5.74) is 2.69. The van der Waals surface area contributed by atoms with Crippen LogP contribution < -0.4 is 5.32 Å². The minimum Gasteiger partial charge on any atom is -0.351 e.